The van der Waals surface area contributed by atoms with Crippen LogP contribution >= 0.6 is 15.9 Å². The normalized spacial score (nSPS) is 10.4. The van der Waals surface area contributed by atoms with Gasteiger partial charge in [0.1, 0.15) is 24.5 Å². The zero-order chi connectivity index (χ0) is 17.5. The van der Waals surface area contributed by atoms with Gasteiger partial charge in [-0.1, -0.05) is 40.2 Å². The molecule has 1 aromatic heterocycles. The van der Waals surface area contributed by atoms with Gasteiger partial charge in [-0.3, -0.25) is 4.68 Å². The molecular weight excluding hydrogens is 384 g/mol. The van der Waals surface area contributed by atoms with Crippen LogP contribution in [0.4, 0.5) is 0 Å². The number of carbonyl (C=O) groups excluding carboxylic acids is 1. The first kappa shape index (κ1) is 17.2. The van der Waals surface area contributed by atoms with Crippen molar-refractivity contribution in [3.63, 3.8) is 0 Å². The van der Waals surface area contributed by atoms with E-state index >= 15 is 0 Å². The molecule has 0 unspecified atom stereocenters. The first-order chi connectivity index (χ1) is 12.2. The summed E-state index contributed by atoms with van der Waals surface area (Å²) < 4.78 is 13.8. The molecule has 3 rings (SSSR count). The van der Waals surface area contributed by atoms with Crippen LogP contribution in [0.5, 0.6) is 5.75 Å². The van der Waals surface area contributed by atoms with Crippen molar-refractivity contribution in [1.29, 1.82) is 0 Å². The predicted octanol–water partition coefficient (Wildman–Crippen LogP) is 4.08. The number of halogens is 1. The SMILES string of the molecule is O=C(OCCn1cccn1)c1ccccc1OCc1cccc(Br)c1. The van der Waals surface area contributed by atoms with Crippen LogP contribution in [0, 0.1) is 0 Å². The highest BCUT2D eigenvalue weighted by Gasteiger charge is 2.13. The number of benzene rings is 2. The molecule has 3 aromatic rings. The molecule has 1 heterocycles. The van der Waals surface area contributed by atoms with E-state index < -0.39 is 5.97 Å². The van der Waals surface area contributed by atoms with Gasteiger partial charge in [-0.2, -0.15) is 5.10 Å². The van der Waals surface area contributed by atoms with E-state index in [0.717, 1.165) is 10.0 Å². The average Bonchev–Trinajstić information content (AvgIpc) is 3.14. The van der Waals surface area contributed by atoms with Gasteiger partial charge < -0.3 is 9.47 Å². The van der Waals surface area contributed by atoms with E-state index in [1.165, 1.54) is 0 Å². The average molecular weight is 401 g/mol. The van der Waals surface area contributed by atoms with Crippen molar-refractivity contribution in [1.82, 2.24) is 9.78 Å². The Morgan fingerprint density at radius 3 is 2.80 bits per heavy atom. The standard InChI is InChI=1S/C19H17BrN2O3/c20-16-6-3-5-15(13-16)14-25-18-8-2-1-7-17(18)19(23)24-12-11-22-10-4-9-21-22/h1-10,13H,11-12,14H2. The third-order valence-corrected chi connectivity index (χ3v) is 4.00. The molecule has 0 amide bonds. The van der Waals surface area contributed by atoms with Crippen LogP contribution in [0.25, 0.3) is 0 Å². The Morgan fingerprint density at radius 2 is 2.00 bits per heavy atom. The van der Waals surface area contributed by atoms with Gasteiger partial charge in [0.25, 0.3) is 0 Å². The Hall–Kier alpha value is -2.60. The van der Waals surface area contributed by atoms with Gasteiger partial charge in [-0.15, -0.1) is 0 Å². The molecule has 0 N–H and O–H groups in total. The zero-order valence-corrected chi connectivity index (χ0v) is 15.1. The van der Waals surface area contributed by atoms with Gasteiger partial charge in [0, 0.05) is 16.9 Å². The summed E-state index contributed by atoms with van der Waals surface area (Å²) in [5.41, 5.74) is 1.43. The molecule has 0 atom stereocenters. The number of hydrogen-bond donors (Lipinski definition) is 0. The predicted molar refractivity (Wildman–Crippen MR) is 97.4 cm³/mol. The molecule has 0 fully saturated rings. The monoisotopic (exact) mass is 400 g/mol. The lowest BCUT2D eigenvalue weighted by molar-refractivity contribution is 0.0482. The minimum atomic E-state index is -0.406. The van der Waals surface area contributed by atoms with Gasteiger partial charge in [0.05, 0.1) is 6.54 Å². The summed E-state index contributed by atoms with van der Waals surface area (Å²) in [6.45, 7) is 1.14. The van der Waals surface area contributed by atoms with Crippen molar-refractivity contribution in [3.8, 4) is 5.75 Å². The zero-order valence-electron chi connectivity index (χ0n) is 13.5. The van der Waals surface area contributed by atoms with Crippen LogP contribution < -0.4 is 4.74 Å². The van der Waals surface area contributed by atoms with Crippen molar-refractivity contribution in [2.24, 2.45) is 0 Å². The molecule has 2 aromatic carbocycles. The van der Waals surface area contributed by atoms with E-state index in [9.17, 15) is 4.79 Å². The molecule has 6 heteroatoms. The molecule has 128 valence electrons. The number of para-hydroxylation sites is 1. The molecule has 0 aliphatic heterocycles. The van der Waals surface area contributed by atoms with E-state index in [-0.39, 0.29) is 6.61 Å². The fourth-order valence-corrected chi connectivity index (χ4v) is 2.74. The maximum Gasteiger partial charge on any atom is 0.341 e. The molecule has 5 nitrogen and oxygen atoms in total. The summed E-state index contributed by atoms with van der Waals surface area (Å²) in [5.74, 6) is 0.101. The van der Waals surface area contributed by atoms with Crippen molar-refractivity contribution in [2.75, 3.05) is 6.61 Å². The molecule has 0 saturated heterocycles. The van der Waals surface area contributed by atoms with Crippen molar-refractivity contribution in [2.45, 2.75) is 13.2 Å². The van der Waals surface area contributed by atoms with Crippen LogP contribution in [0.1, 0.15) is 15.9 Å². The highest BCUT2D eigenvalue weighted by atomic mass is 79.9. The highest BCUT2D eigenvalue weighted by molar-refractivity contribution is 9.10. The molecule has 25 heavy (non-hydrogen) atoms. The van der Waals surface area contributed by atoms with E-state index in [1.807, 2.05) is 42.6 Å². The quantitative estimate of drug-likeness (QED) is 0.560. The molecule has 0 aliphatic carbocycles. The van der Waals surface area contributed by atoms with Crippen LogP contribution in [0.2, 0.25) is 0 Å². The highest BCUT2D eigenvalue weighted by Crippen LogP contribution is 2.21. The number of carbonyl (C=O) groups is 1. The van der Waals surface area contributed by atoms with E-state index in [0.29, 0.717) is 24.5 Å². The smallest absolute Gasteiger partial charge is 0.341 e. The topological polar surface area (TPSA) is 53.4 Å². The summed E-state index contributed by atoms with van der Waals surface area (Å²) in [6.07, 6.45) is 3.51. The number of esters is 1. The Morgan fingerprint density at radius 1 is 1.12 bits per heavy atom. The molecule has 0 bridgehead atoms. The summed E-state index contributed by atoms with van der Waals surface area (Å²) in [6, 6.07) is 16.8. The minimum Gasteiger partial charge on any atom is -0.488 e. The van der Waals surface area contributed by atoms with Gasteiger partial charge in [-0.05, 0) is 35.9 Å². The third-order valence-electron chi connectivity index (χ3n) is 3.50. The lowest BCUT2D eigenvalue weighted by Crippen LogP contribution is -2.13. The van der Waals surface area contributed by atoms with Gasteiger partial charge in [-0.25, -0.2) is 4.79 Å². The fourth-order valence-electron chi connectivity index (χ4n) is 2.29. The van der Waals surface area contributed by atoms with Gasteiger partial charge in [0.15, 0.2) is 0 Å². The lowest BCUT2D eigenvalue weighted by Gasteiger charge is -2.11. The second-order valence-electron chi connectivity index (χ2n) is 5.32. The van der Waals surface area contributed by atoms with Gasteiger partial charge >= 0.3 is 5.97 Å². The first-order valence-corrected chi connectivity index (χ1v) is 8.62. The van der Waals surface area contributed by atoms with E-state index in [1.54, 1.807) is 29.1 Å². The summed E-state index contributed by atoms with van der Waals surface area (Å²) in [7, 11) is 0. The largest absolute Gasteiger partial charge is 0.488 e. The maximum absolute atomic E-state index is 12.3. The molecule has 0 aliphatic rings. The Bertz CT molecular complexity index is 834. The number of hydrogen-bond acceptors (Lipinski definition) is 4. The van der Waals surface area contributed by atoms with Crippen LogP contribution in [-0.2, 0) is 17.9 Å². The van der Waals surface area contributed by atoms with Crippen molar-refractivity contribution < 1.29 is 14.3 Å². The molecule has 0 radical (unpaired) electrons. The van der Waals surface area contributed by atoms with Gasteiger partial charge in [0.2, 0.25) is 0 Å². The van der Waals surface area contributed by atoms with Crippen LogP contribution in [0.15, 0.2) is 71.5 Å². The summed E-state index contributed by atoms with van der Waals surface area (Å²) in [5, 5.41) is 4.07. The third kappa shape index (κ3) is 4.93. The second kappa shape index (κ2) is 8.48. The number of ether oxygens (including phenoxy) is 2. The molecular formula is C19H17BrN2O3. The van der Waals surface area contributed by atoms with Crippen molar-refractivity contribution in [3.05, 3.63) is 82.6 Å². The number of aromatic nitrogens is 2. The second-order valence-corrected chi connectivity index (χ2v) is 6.24. The van der Waals surface area contributed by atoms with Crippen LogP contribution in [0.3, 0.4) is 0 Å². The Kier molecular flexibility index (Phi) is 5.85. The molecule has 0 saturated carbocycles. The molecule has 0 spiro atoms. The first-order valence-electron chi connectivity index (χ1n) is 7.83. The Balaban J connectivity index is 1.60. The summed E-state index contributed by atoms with van der Waals surface area (Å²) >= 11 is 3.43. The van der Waals surface area contributed by atoms with E-state index in [2.05, 4.69) is 21.0 Å². The number of nitrogens with zero attached hydrogens (tertiary/aromatic N) is 2. The van der Waals surface area contributed by atoms with Crippen LogP contribution in [-0.4, -0.2) is 22.4 Å². The lowest BCUT2D eigenvalue weighted by atomic mass is 10.2. The fraction of sp³-hybridized carbons (Fsp3) is 0.158. The minimum absolute atomic E-state index is 0.250. The number of rotatable bonds is 7. The maximum atomic E-state index is 12.3. The summed E-state index contributed by atoms with van der Waals surface area (Å²) in [4.78, 5) is 12.3. The Labute approximate surface area is 154 Å². The van der Waals surface area contributed by atoms with E-state index in [4.69, 9.17) is 9.47 Å². The van der Waals surface area contributed by atoms with Crippen molar-refractivity contribution >= 4 is 21.9 Å².